The van der Waals surface area contributed by atoms with Crippen LogP contribution in [0.5, 0.6) is 0 Å². The van der Waals surface area contributed by atoms with Gasteiger partial charge >= 0.3 is 0 Å². The van der Waals surface area contributed by atoms with E-state index in [1.165, 1.54) is 0 Å². The fourth-order valence-corrected chi connectivity index (χ4v) is 1.68. The molecule has 0 fully saturated rings. The largest absolute Gasteiger partial charge is 0.341 e. The van der Waals surface area contributed by atoms with Gasteiger partial charge in [-0.1, -0.05) is 30.2 Å². The molecule has 2 aromatic rings. The molecule has 1 aromatic heterocycles. The van der Waals surface area contributed by atoms with Crippen LogP contribution >= 0.6 is 0 Å². The first-order valence-electron chi connectivity index (χ1n) is 6.08. The maximum Gasteiger partial charge on any atom is 0.250 e. The van der Waals surface area contributed by atoms with Gasteiger partial charge in [-0.3, -0.25) is 0 Å². The number of hydrogen-bond acceptors (Lipinski definition) is 5. The van der Waals surface area contributed by atoms with Crippen LogP contribution < -0.4 is 10.2 Å². The smallest absolute Gasteiger partial charge is 0.250 e. The second-order valence-corrected chi connectivity index (χ2v) is 4.00. The molecule has 6 heteroatoms. The number of para-hydroxylation sites is 1. The molecular formula is C12H18N6. The average molecular weight is 246 g/mol. The third kappa shape index (κ3) is 2.84. The van der Waals surface area contributed by atoms with Crippen LogP contribution in [-0.4, -0.2) is 46.9 Å². The van der Waals surface area contributed by atoms with Crippen molar-refractivity contribution >= 4 is 5.95 Å². The van der Waals surface area contributed by atoms with E-state index in [0.29, 0.717) is 0 Å². The van der Waals surface area contributed by atoms with Crippen LogP contribution in [0.1, 0.15) is 6.92 Å². The van der Waals surface area contributed by atoms with Crippen molar-refractivity contribution in [1.29, 1.82) is 0 Å². The minimum atomic E-state index is 0.749. The van der Waals surface area contributed by atoms with Gasteiger partial charge in [0.25, 0.3) is 0 Å². The highest BCUT2D eigenvalue weighted by molar-refractivity contribution is 5.39. The summed E-state index contributed by atoms with van der Waals surface area (Å²) < 4.78 is 1.74. The molecule has 0 aliphatic rings. The first-order chi connectivity index (χ1) is 8.83. The van der Waals surface area contributed by atoms with E-state index in [9.17, 15) is 0 Å². The molecule has 0 atom stereocenters. The average Bonchev–Trinajstić information content (AvgIpc) is 2.89. The van der Waals surface area contributed by atoms with Crippen LogP contribution in [0, 0.1) is 0 Å². The first kappa shape index (κ1) is 12.5. The van der Waals surface area contributed by atoms with Crippen LogP contribution in [-0.2, 0) is 0 Å². The Bertz CT molecular complexity index is 466. The fraction of sp³-hybridized carbons (Fsp3) is 0.417. The molecule has 0 spiro atoms. The number of benzene rings is 1. The van der Waals surface area contributed by atoms with E-state index in [-0.39, 0.29) is 0 Å². The molecule has 0 aliphatic carbocycles. The summed E-state index contributed by atoms with van der Waals surface area (Å²) in [5, 5.41) is 15.1. The van der Waals surface area contributed by atoms with Crippen molar-refractivity contribution in [3.63, 3.8) is 0 Å². The predicted molar refractivity (Wildman–Crippen MR) is 71.0 cm³/mol. The first-order valence-corrected chi connectivity index (χ1v) is 6.08. The number of aromatic nitrogens is 4. The third-order valence-electron chi connectivity index (χ3n) is 2.67. The van der Waals surface area contributed by atoms with Crippen molar-refractivity contribution in [2.75, 3.05) is 31.6 Å². The summed E-state index contributed by atoms with van der Waals surface area (Å²) in [6.07, 6.45) is 0. The molecule has 1 heterocycles. The molecule has 0 bridgehead atoms. The number of rotatable bonds is 6. The van der Waals surface area contributed by atoms with Gasteiger partial charge < -0.3 is 10.2 Å². The Kier molecular flexibility index (Phi) is 4.25. The second-order valence-electron chi connectivity index (χ2n) is 4.00. The van der Waals surface area contributed by atoms with Gasteiger partial charge in [-0.25, -0.2) is 0 Å². The van der Waals surface area contributed by atoms with Gasteiger partial charge in [0.2, 0.25) is 5.95 Å². The van der Waals surface area contributed by atoms with E-state index < -0.39 is 0 Å². The van der Waals surface area contributed by atoms with Gasteiger partial charge in [-0.2, -0.15) is 4.68 Å². The summed E-state index contributed by atoms with van der Waals surface area (Å²) in [6.45, 7) is 4.83. The highest BCUT2D eigenvalue weighted by Crippen LogP contribution is 2.13. The van der Waals surface area contributed by atoms with E-state index in [1.807, 2.05) is 42.3 Å². The monoisotopic (exact) mass is 246 g/mol. The van der Waals surface area contributed by atoms with Gasteiger partial charge in [0.1, 0.15) is 0 Å². The summed E-state index contributed by atoms with van der Waals surface area (Å²) in [5.74, 6) is 0.749. The number of tetrazole rings is 1. The summed E-state index contributed by atoms with van der Waals surface area (Å²) in [4.78, 5) is 2.04. The van der Waals surface area contributed by atoms with Crippen LogP contribution in [0.4, 0.5) is 5.95 Å². The van der Waals surface area contributed by atoms with Crippen LogP contribution in [0.3, 0.4) is 0 Å². The molecule has 1 aromatic carbocycles. The number of nitrogens with zero attached hydrogens (tertiary/aromatic N) is 5. The van der Waals surface area contributed by atoms with E-state index in [4.69, 9.17) is 0 Å². The predicted octanol–water partition coefficient (Wildman–Crippen LogP) is 0.708. The molecule has 2 rings (SSSR count). The lowest BCUT2D eigenvalue weighted by Gasteiger charge is -2.17. The molecule has 18 heavy (non-hydrogen) atoms. The SMILES string of the molecule is CCNCCN(C)c1nnnn1-c1ccccc1. The standard InChI is InChI=1S/C12H18N6/c1-3-13-9-10-17(2)12-14-15-16-18(12)11-7-5-4-6-8-11/h4-8,13H,3,9-10H2,1-2H3. The third-order valence-corrected chi connectivity index (χ3v) is 2.67. The zero-order valence-electron chi connectivity index (χ0n) is 10.7. The Labute approximate surface area is 107 Å². The molecule has 0 saturated carbocycles. The second kappa shape index (κ2) is 6.11. The summed E-state index contributed by atoms with van der Waals surface area (Å²) in [6, 6.07) is 9.89. The molecule has 0 radical (unpaired) electrons. The van der Waals surface area contributed by atoms with Crippen molar-refractivity contribution in [2.45, 2.75) is 6.92 Å². The van der Waals surface area contributed by atoms with E-state index in [1.54, 1.807) is 4.68 Å². The zero-order chi connectivity index (χ0) is 12.8. The highest BCUT2D eigenvalue weighted by Gasteiger charge is 2.11. The Morgan fingerprint density at radius 1 is 1.28 bits per heavy atom. The molecule has 1 N–H and O–H groups in total. The normalized spacial score (nSPS) is 10.6. The minimum absolute atomic E-state index is 0.749. The highest BCUT2D eigenvalue weighted by atomic mass is 15.6. The van der Waals surface area contributed by atoms with Gasteiger partial charge in [-0.15, -0.1) is 0 Å². The van der Waals surface area contributed by atoms with Crippen molar-refractivity contribution in [1.82, 2.24) is 25.5 Å². The van der Waals surface area contributed by atoms with Crippen LogP contribution in [0.25, 0.3) is 5.69 Å². The van der Waals surface area contributed by atoms with Crippen LogP contribution in [0.2, 0.25) is 0 Å². The molecule has 0 aliphatic heterocycles. The maximum atomic E-state index is 4.07. The molecule has 6 nitrogen and oxygen atoms in total. The van der Waals surface area contributed by atoms with E-state index in [2.05, 4.69) is 27.8 Å². The van der Waals surface area contributed by atoms with Gasteiger partial charge in [0.05, 0.1) is 5.69 Å². The number of hydrogen-bond donors (Lipinski definition) is 1. The van der Waals surface area contributed by atoms with Crippen molar-refractivity contribution < 1.29 is 0 Å². The summed E-state index contributed by atoms with van der Waals surface area (Å²) in [5.41, 5.74) is 0.966. The van der Waals surface area contributed by atoms with Gasteiger partial charge in [-0.05, 0) is 29.1 Å². The Morgan fingerprint density at radius 3 is 2.78 bits per heavy atom. The molecular weight excluding hydrogens is 228 g/mol. The van der Waals surface area contributed by atoms with Gasteiger partial charge in [0, 0.05) is 20.1 Å². The maximum absolute atomic E-state index is 4.07. The number of nitrogens with one attached hydrogen (secondary N) is 1. The molecule has 96 valence electrons. The molecule has 0 saturated heterocycles. The van der Waals surface area contributed by atoms with Crippen molar-refractivity contribution in [3.05, 3.63) is 30.3 Å². The lowest BCUT2D eigenvalue weighted by atomic mass is 10.3. The van der Waals surface area contributed by atoms with Crippen LogP contribution in [0.15, 0.2) is 30.3 Å². The lowest BCUT2D eigenvalue weighted by Crippen LogP contribution is -2.30. The summed E-state index contributed by atoms with van der Waals surface area (Å²) in [7, 11) is 1.99. The quantitative estimate of drug-likeness (QED) is 0.761. The minimum Gasteiger partial charge on any atom is -0.341 e. The summed E-state index contributed by atoms with van der Waals surface area (Å²) >= 11 is 0. The fourth-order valence-electron chi connectivity index (χ4n) is 1.68. The van der Waals surface area contributed by atoms with Crippen molar-refractivity contribution in [2.24, 2.45) is 0 Å². The Balaban J connectivity index is 2.12. The van der Waals surface area contributed by atoms with Gasteiger partial charge in [0.15, 0.2) is 0 Å². The molecule has 0 unspecified atom stereocenters. The molecule has 0 amide bonds. The van der Waals surface area contributed by atoms with Crippen molar-refractivity contribution in [3.8, 4) is 5.69 Å². The number of anilines is 1. The zero-order valence-corrected chi connectivity index (χ0v) is 10.7. The Hall–Kier alpha value is -1.95. The number of likely N-dealkylation sites (N-methyl/N-ethyl adjacent to an activating group) is 2. The Morgan fingerprint density at radius 2 is 2.06 bits per heavy atom. The lowest BCUT2D eigenvalue weighted by molar-refractivity contribution is 0.691. The van der Waals surface area contributed by atoms with E-state index >= 15 is 0 Å². The topological polar surface area (TPSA) is 58.9 Å². The van der Waals surface area contributed by atoms with E-state index in [0.717, 1.165) is 31.3 Å².